The Hall–Kier alpha value is -1.10. The van der Waals surface area contributed by atoms with E-state index in [-0.39, 0.29) is 23.8 Å². The van der Waals surface area contributed by atoms with Gasteiger partial charge in [0.25, 0.3) is 0 Å². The summed E-state index contributed by atoms with van der Waals surface area (Å²) >= 11 is 0. The Morgan fingerprint density at radius 3 is 2.62 bits per heavy atom. The van der Waals surface area contributed by atoms with Crippen molar-refractivity contribution in [3.8, 4) is 0 Å². The van der Waals surface area contributed by atoms with E-state index in [1.54, 1.807) is 0 Å². The molecule has 4 N–H and O–H groups in total. The summed E-state index contributed by atoms with van der Waals surface area (Å²) in [5.41, 5.74) is 5.43. The molecule has 0 unspecified atom stereocenters. The molecule has 1 saturated carbocycles. The largest absolute Gasteiger partial charge is 0.356 e. The first-order valence-electron chi connectivity index (χ1n) is 8.30. The van der Waals surface area contributed by atoms with Crippen molar-refractivity contribution < 1.29 is 9.59 Å². The number of amides is 2. The molecule has 0 radical (unpaired) electrons. The van der Waals surface area contributed by atoms with Crippen LogP contribution in [0.5, 0.6) is 0 Å². The number of carbonyl (C=O) groups excluding carboxylic acids is 2. The van der Waals surface area contributed by atoms with Crippen LogP contribution in [0.1, 0.15) is 58.8 Å². The van der Waals surface area contributed by atoms with Gasteiger partial charge in [-0.25, -0.2) is 0 Å². The van der Waals surface area contributed by atoms with Crippen molar-refractivity contribution in [1.82, 2.24) is 10.6 Å². The molecule has 0 aromatic rings. The Labute approximate surface area is 128 Å². The molecule has 0 aromatic carbocycles. The maximum Gasteiger partial charge on any atom is 0.223 e. The normalized spacial score (nSPS) is 21.5. The molecule has 2 atom stereocenters. The van der Waals surface area contributed by atoms with Crippen LogP contribution in [0.2, 0.25) is 0 Å². The summed E-state index contributed by atoms with van der Waals surface area (Å²) in [6, 6.07) is 0.168. The van der Waals surface area contributed by atoms with E-state index in [2.05, 4.69) is 24.5 Å². The summed E-state index contributed by atoms with van der Waals surface area (Å²) in [7, 11) is 0. The van der Waals surface area contributed by atoms with Gasteiger partial charge in [-0.3, -0.25) is 9.59 Å². The highest BCUT2D eigenvalue weighted by Crippen LogP contribution is 2.25. The number of rotatable bonds is 9. The van der Waals surface area contributed by atoms with Crippen molar-refractivity contribution in [3.63, 3.8) is 0 Å². The van der Waals surface area contributed by atoms with Crippen molar-refractivity contribution in [2.24, 2.45) is 17.6 Å². The minimum Gasteiger partial charge on any atom is -0.356 e. The van der Waals surface area contributed by atoms with Crippen LogP contribution in [0.3, 0.4) is 0 Å². The maximum atomic E-state index is 12.0. The van der Waals surface area contributed by atoms with E-state index < -0.39 is 0 Å². The fraction of sp³-hybridized carbons (Fsp3) is 0.875. The van der Waals surface area contributed by atoms with Gasteiger partial charge in [-0.1, -0.05) is 20.3 Å². The van der Waals surface area contributed by atoms with E-state index in [9.17, 15) is 9.59 Å². The number of carbonyl (C=O) groups is 2. The van der Waals surface area contributed by atoms with Crippen LogP contribution in [0.15, 0.2) is 0 Å². The molecule has 0 aromatic heterocycles. The van der Waals surface area contributed by atoms with Gasteiger partial charge in [0.05, 0.1) is 0 Å². The Kier molecular flexibility index (Phi) is 8.35. The standard InChI is InChI=1S/C16H31N3O2/c1-12(2)11-18-16(21)13-7-8-14(10-13)19-15(20)6-4-3-5-9-17/h12-14H,3-11,17H2,1-2H3,(H,18,21)(H,19,20)/t13-,14+/m0/s1. The molecule has 1 rings (SSSR count). The topological polar surface area (TPSA) is 84.2 Å². The molecule has 5 heteroatoms. The van der Waals surface area contributed by atoms with Gasteiger partial charge in [0, 0.05) is 24.9 Å². The summed E-state index contributed by atoms with van der Waals surface area (Å²) in [6.45, 7) is 5.59. The first-order chi connectivity index (χ1) is 10.0. The third kappa shape index (κ3) is 7.46. The molecule has 1 aliphatic rings. The Balaban J connectivity index is 2.18. The Bertz CT molecular complexity index is 331. The third-order valence-electron chi connectivity index (χ3n) is 3.96. The molecule has 122 valence electrons. The van der Waals surface area contributed by atoms with E-state index in [1.165, 1.54) is 0 Å². The summed E-state index contributed by atoms with van der Waals surface area (Å²) < 4.78 is 0. The molecule has 1 fully saturated rings. The second kappa shape index (κ2) is 9.77. The maximum absolute atomic E-state index is 12.0. The Morgan fingerprint density at radius 2 is 1.95 bits per heavy atom. The van der Waals surface area contributed by atoms with Gasteiger partial charge in [-0.2, -0.15) is 0 Å². The predicted octanol–water partition coefficient (Wildman–Crippen LogP) is 1.56. The number of hydrogen-bond donors (Lipinski definition) is 3. The van der Waals surface area contributed by atoms with E-state index >= 15 is 0 Å². The van der Waals surface area contributed by atoms with Gasteiger partial charge in [-0.05, 0) is 44.6 Å². The quantitative estimate of drug-likeness (QED) is 0.565. The van der Waals surface area contributed by atoms with Crippen LogP contribution < -0.4 is 16.4 Å². The van der Waals surface area contributed by atoms with Crippen molar-refractivity contribution in [2.75, 3.05) is 13.1 Å². The average molecular weight is 297 g/mol. The second-order valence-corrected chi connectivity index (χ2v) is 6.51. The summed E-state index contributed by atoms with van der Waals surface area (Å²) in [5, 5.41) is 6.04. The average Bonchev–Trinajstić information content (AvgIpc) is 2.89. The molecule has 0 heterocycles. The number of nitrogens with two attached hydrogens (primary N) is 1. The first-order valence-corrected chi connectivity index (χ1v) is 8.30. The molecule has 1 aliphatic carbocycles. The van der Waals surface area contributed by atoms with Gasteiger partial charge in [0.15, 0.2) is 0 Å². The predicted molar refractivity (Wildman–Crippen MR) is 84.6 cm³/mol. The van der Waals surface area contributed by atoms with E-state index in [0.717, 1.165) is 45.1 Å². The van der Waals surface area contributed by atoms with E-state index in [0.29, 0.717) is 18.9 Å². The number of nitrogens with one attached hydrogen (secondary N) is 2. The lowest BCUT2D eigenvalue weighted by molar-refractivity contribution is -0.125. The Morgan fingerprint density at radius 1 is 1.19 bits per heavy atom. The van der Waals surface area contributed by atoms with Crippen molar-refractivity contribution in [2.45, 2.75) is 64.8 Å². The van der Waals surface area contributed by atoms with E-state index in [4.69, 9.17) is 5.73 Å². The minimum absolute atomic E-state index is 0.0614. The fourth-order valence-electron chi connectivity index (χ4n) is 2.71. The first kappa shape index (κ1) is 18.0. The highest BCUT2D eigenvalue weighted by Gasteiger charge is 2.30. The van der Waals surface area contributed by atoms with Gasteiger partial charge in [0.2, 0.25) is 11.8 Å². The smallest absolute Gasteiger partial charge is 0.223 e. The zero-order valence-corrected chi connectivity index (χ0v) is 13.5. The second-order valence-electron chi connectivity index (χ2n) is 6.51. The van der Waals surface area contributed by atoms with Crippen molar-refractivity contribution in [1.29, 1.82) is 0 Å². The van der Waals surface area contributed by atoms with Crippen LogP contribution >= 0.6 is 0 Å². The lowest BCUT2D eigenvalue weighted by atomic mass is 10.1. The zero-order valence-electron chi connectivity index (χ0n) is 13.5. The lowest BCUT2D eigenvalue weighted by Gasteiger charge is -2.14. The van der Waals surface area contributed by atoms with Crippen LogP contribution in [-0.2, 0) is 9.59 Å². The molecule has 0 bridgehead atoms. The van der Waals surface area contributed by atoms with Gasteiger partial charge in [-0.15, -0.1) is 0 Å². The van der Waals surface area contributed by atoms with Crippen molar-refractivity contribution in [3.05, 3.63) is 0 Å². The van der Waals surface area contributed by atoms with E-state index in [1.807, 2.05) is 0 Å². The third-order valence-corrected chi connectivity index (χ3v) is 3.96. The zero-order chi connectivity index (χ0) is 15.7. The summed E-state index contributed by atoms with van der Waals surface area (Å²) in [6.07, 6.45) is 6.02. The molecule has 21 heavy (non-hydrogen) atoms. The number of unbranched alkanes of at least 4 members (excludes halogenated alkanes) is 2. The van der Waals surface area contributed by atoms with Crippen molar-refractivity contribution >= 4 is 11.8 Å². The van der Waals surface area contributed by atoms with Gasteiger partial charge < -0.3 is 16.4 Å². The molecular weight excluding hydrogens is 266 g/mol. The highest BCUT2D eigenvalue weighted by atomic mass is 16.2. The van der Waals surface area contributed by atoms with Crippen LogP contribution in [-0.4, -0.2) is 30.9 Å². The monoisotopic (exact) mass is 297 g/mol. The minimum atomic E-state index is 0.0614. The lowest BCUT2D eigenvalue weighted by Crippen LogP contribution is -2.35. The van der Waals surface area contributed by atoms with Gasteiger partial charge in [0.1, 0.15) is 0 Å². The van der Waals surface area contributed by atoms with Crippen LogP contribution in [0.25, 0.3) is 0 Å². The SMILES string of the molecule is CC(C)CNC(=O)[C@H]1CC[C@@H](NC(=O)CCCCCN)C1. The summed E-state index contributed by atoms with van der Waals surface area (Å²) in [5.74, 6) is 0.786. The molecule has 5 nitrogen and oxygen atoms in total. The molecule has 0 spiro atoms. The number of hydrogen-bond acceptors (Lipinski definition) is 3. The fourth-order valence-corrected chi connectivity index (χ4v) is 2.71. The molecule has 0 aliphatic heterocycles. The van der Waals surface area contributed by atoms with Gasteiger partial charge >= 0.3 is 0 Å². The van der Waals surface area contributed by atoms with Crippen LogP contribution in [0.4, 0.5) is 0 Å². The molecular formula is C16H31N3O2. The summed E-state index contributed by atoms with van der Waals surface area (Å²) in [4.78, 5) is 23.8. The molecule has 2 amide bonds. The highest BCUT2D eigenvalue weighted by molar-refractivity contribution is 5.79. The van der Waals surface area contributed by atoms with Crippen LogP contribution in [0, 0.1) is 11.8 Å². The molecule has 0 saturated heterocycles.